The van der Waals surface area contributed by atoms with Gasteiger partial charge in [-0.15, -0.1) is 0 Å². The van der Waals surface area contributed by atoms with Gasteiger partial charge in [0.2, 0.25) is 0 Å². The smallest absolute Gasteiger partial charge is 0.257 e. The molecule has 0 bridgehead atoms. The number of benzene rings is 1. The SMILES string of the molecule is Cc1cc(Cl)ccc1OCC(=O)NCC1(CO)CC1. The monoisotopic (exact) mass is 283 g/mol. The predicted octanol–water partition coefficient (Wildman–Crippen LogP) is 1.92. The van der Waals surface area contributed by atoms with Crippen molar-refractivity contribution in [2.75, 3.05) is 19.8 Å². The van der Waals surface area contributed by atoms with E-state index in [4.69, 9.17) is 21.4 Å². The van der Waals surface area contributed by atoms with Crippen molar-refractivity contribution in [3.05, 3.63) is 28.8 Å². The van der Waals surface area contributed by atoms with Crippen LogP contribution in [0.15, 0.2) is 18.2 Å². The minimum Gasteiger partial charge on any atom is -0.484 e. The molecule has 1 aliphatic carbocycles. The maximum atomic E-state index is 11.6. The van der Waals surface area contributed by atoms with Gasteiger partial charge in [-0.05, 0) is 43.5 Å². The number of aryl methyl sites for hydroxylation is 1. The maximum Gasteiger partial charge on any atom is 0.257 e. The van der Waals surface area contributed by atoms with Crippen molar-refractivity contribution in [1.29, 1.82) is 0 Å². The molecule has 0 saturated heterocycles. The normalized spacial score (nSPS) is 15.9. The number of carbonyl (C=O) groups excluding carboxylic acids is 1. The average molecular weight is 284 g/mol. The van der Waals surface area contributed by atoms with Crippen LogP contribution in [0, 0.1) is 12.3 Å². The van der Waals surface area contributed by atoms with Crippen LogP contribution in [0.2, 0.25) is 5.02 Å². The highest BCUT2D eigenvalue weighted by Gasteiger charge is 2.42. The number of nitrogens with one attached hydrogen (secondary N) is 1. The number of ether oxygens (including phenoxy) is 1. The number of aliphatic hydroxyl groups is 1. The minimum atomic E-state index is -0.172. The highest BCUT2D eigenvalue weighted by atomic mass is 35.5. The Bertz CT molecular complexity index is 472. The molecular formula is C14H18ClNO3. The van der Waals surface area contributed by atoms with Gasteiger partial charge in [0, 0.05) is 17.0 Å². The van der Waals surface area contributed by atoms with E-state index in [1.807, 2.05) is 6.92 Å². The van der Waals surface area contributed by atoms with Crippen molar-refractivity contribution in [3.8, 4) is 5.75 Å². The van der Waals surface area contributed by atoms with Crippen LogP contribution >= 0.6 is 11.6 Å². The summed E-state index contributed by atoms with van der Waals surface area (Å²) in [6.07, 6.45) is 1.95. The van der Waals surface area contributed by atoms with Crippen LogP contribution in [-0.2, 0) is 4.79 Å². The van der Waals surface area contributed by atoms with Gasteiger partial charge < -0.3 is 15.2 Å². The van der Waals surface area contributed by atoms with Gasteiger partial charge in [-0.2, -0.15) is 0 Å². The molecular weight excluding hydrogens is 266 g/mol. The van der Waals surface area contributed by atoms with Crippen LogP contribution in [0.1, 0.15) is 18.4 Å². The Hall–Kier alpha value is -1.26. The Kier molecular flexibility index (Phi) is 4.32. The molecule has 104 valence electrons. The molecule has 0 heterocycles. The Morgan fingerprint density at radius 2 is 2.26 bits per heavy atom. The van der Waals surface area contributed by atoms with Crippen molar-refractivity contribution in [2.45, 2.75) is 19.8 Å². The molecule has 2 N–H and O–H groups in total. The van der Waals surface area contributed by atoms with E-state index in [0.29, 0.717) is 17.3 Å². The molecule has 4 nitrogen and oxygen atoms in total. The molecule has 0 atom stereocenters. The summed E-state index contributed by atoms with van der Waals surface area (Å²) in [5.41, 5.74) is 0.820. The minimum absolute atomic E-state index is 0.0238. The molecule has 19 heavy (non-hydrogen) atoms. The fourth-order valence-corrected chi connectivity index (χ4v) is 2.05. The van der Waals surface area contributed by atoms with Gasteiger partial charge >= 0.3 is 0 Å². The molecule has 1 saturated carbocycles. The summed E-state index contributed by atoms with van der Waals surface area (Å²) in [6, 6.07) is 5.27. The average Bonchev–Trinajstić information content (AvgIpc) is 3.16. The van der Waals surface area contributed by atoms with Gasteiger partial charge in [0.05, 0.1) is 6.61 Å². The van der Waals surface area contributed by atoms with E-state index in [0.717, 1.165) is 18.4 Å². The number of hydrogen-bond acceptors (Lipinski definition) is 3. The van der Waals surface area contributed by atoms with Crippen molar-refractivity contribution in [3.63, 3.8) is 0 Å². The van der Waals surface area contributed by atoms with Crippen LogP contribution in [0.4, 0.5) is 0 Å². The molecule has 0 unspecified atom stereocenters. The van der Waals surface area contributed by atoms with Crippen LogP contribution in [0.5, 0.6) is 5.75 Å². The topological polar surface area (TPSA) is 58.6 Å². The Labute approximate surface area is 117 Å². The standard InChI is InChI=1S/C14H18ClNO3/c1-10-6-11(15)2-3-12(10)19-7-13(18)16-8-14(9-17)4-5-14/h2-3,6,17H,4-5,7-9H2,1H3,(H,16,18). The Morgan fingerprint density at radius 1 is 1.53 bits per heavy atom. The molecule has 0 radical (unpaired) electrons. The second kappa shape index (κ2) is 5.80. The zero-order valence-electron chi connectivity index (χ0n) is 10.9. The van der Waals surface area contributed by atoms with Gasteiger partial charge in [-0.25, -0.2) is 0 Å². The first-order chi connectivity index (χ1) is 9.04. The van der Waals surface area contributed by atoms with Crippen LogP contribution < -0.4 is 10.1 Å². The summed E-state index contributed by atoms with van der Waals surface area (Å²) in [4.78, 5) is 11.6. The van der Waals surface area contributed by atoms with E-state index in [1.165, 1.54) is 0 Å². The van der Waals surface area contributed by atoms with Crippen molar-refractivity contribution >= 4 is 17.5 Å². The molecule has 0 aromatic heterocycles. The van der Waals surface area contributed by atoms with E-state index < -0.39 is 0 Å². The third-order valence-electron chi connectivity index (χ3n) is 3.45. The molecule has 1 fully saturated rings. The van der Waals surface area contributed by atoms with Crippen molar-refractivity contribution in [1.82, 2.24) is 5.32 Å². The van der Waals surface area contributed by atoms with Crippen LogP contribution in [0.25, 0.3) is 0 Å². The first-order valence-corrected chi connectivity index (χ1v) is 6.69. The number of amides is 1. The largest absolute Gasteiger partial charge is 0.484 e. The summed E-state index contributed by atoms with van der Waals surface area (Å²) in [5.74, 6) is 0.483. The van der Waals surface area contributed by atoms with E-state index >= 15 is 0 Å². The third kappa shape index (κ3) is 3.85. The predicted molar refractivity (Wildman–Crippen MR) is 73.4 cm³/mol. The summed E-state index contributed by atoms with van der Waals surface area (Å²) >= 11 is 5.84. The lowest BCUT2D eigenvalue weighted by Gasteiger charge is -2.13. The zero-order valence-corrected chi connectivity index (χ0v) is 11.7. The van der Waals surface area contributed by atoms with Gasteiger partial charge in [-0.3, -0.25) is 4.79 Å². The van der Waals surface area contributed by atoms with E-state index in [9.17, 15) is 4.79 Å². The van der Waals surface area contributed by atoms with Gasteiger partial charge in [-0.1, -0.05) is 11.6 Å². The first-order valence-electron chi connectivity index (χ1n) is 6.31. The molecule has 0 spiro atoms. The number of carbonyl (C=O) groups is 1. The molecule has 5 heteroatoms. The number of halogens is 1. The van der Waals surface area contributed by atoms with E-state index in [2.05, 4.69) is 5.32 Å². The second-order valence-corrected chi connectivity index (χ2v) is 5.57. The van der Waals surface area contributed by atoms with Crippen molar-refractivity contribution < 1.29 is 14.6 Å². The number of rotatable bonds is 6. The quantitative estimate of drug-likeness (QED) is 0.838. The maximum absolute atomic E-state index is 11.6. The summed E-state index contributed by atoms with van der Waals surface area (Å²) in [6.45, 7) is 2.50. The lowest BCUT2D eigenvalue weighted by atomic mass is 10.1. The van der Waals surface area contributed by atoms with Gasteiger partial charge in [0.25, 0.3) is 5.91 Å². The van der Waals surface area contributed by atoms with E-state index in [1.54, 1.807) is 18.2 Å². The molecule has 1 aromatic rings. The number of hydrogen-bond donors (Lipinski definition) is 2. The van der Waals surface area contributed by atoms with E-state index in [-0.39, 0.29) is 24.5 Å². The molecule has 1 aliphatic rings. The molecule has 2 rings (SSSR count). The third-order valence-corrected chi connectivity index (χ3v) is 3.68. The molecule has 0 aliphatic heterocycles. The summed E-state index contributed by atoms with van der Waals surface area (Å²) < 4.78 is 5.44. The highest BCUT2D eigenvalue weighted by Crippen LogP contribution is 2.44. The lowest BCUT2D eigenvalue weighted by Crippen LogP contribution is -2.35. The summed E-state index contributed by atoms with van der Waals surface area (Å²) in [5, 5.41) is 12.6. The number of aliphatic hydroxyl groups excluding tert-OH is 1. The Morgan fingerprint density at radius 3 is 2.84 bits per heavy atom. The van der Waals surface area contributed by atoms with Crippen molar-refractivity contribution in [2.24, 2.45) is 5.41 Å². The lowest BCUT2D eigenvalue weighted by molar-refractivity contribution is -0.123. The van der Waals surface area contributed by atoms with Crippen LogP contribution in [0.3, 0.4) is 0 Å². The fraction of sp³-hybridized carbons (Fsp3) is 0.500. The zero-order chi connectivity index (χ0) is 13.9. The molecule has 1 aromatic carbocycles. The Balaban J connectivity index is 1.77. The molecule has 1 amide bonds. The fourth-order valence-electron chi connectivity index (χ4n) is 1.82. The summed E-state index contributed by atoms with van der Waals surface area (Å²) in [7, 11) is 0. The highest BCUT2D eigenvalue weighted by molar-refractivity contribution is 6.30. The van der Waals surface area contributed by atoms with Gasteiger partial charge in [0.1, 0.15) is 5.75 Å². The first kappa shape index (κ1) is 14.2. The van der Waals surface area contributed by atoms with Gasteiger partial charge in [0.15, 0.2) is 6.61 Å². The second-order valence-electron chi connectivity index (χ2n) is 5.13. The van der Waals surface area contributed by atoms with Crippen LogP contribution in [-0.4, -0.2) is 30.8 Å².